The lowest BCUT2D eigenvalue weighted by molar-refractivity contribution is -0.384. The average Bonchev–Trinajstić information content (AvgIpc) is 2.64. The van der Waals surface area contributed by atoms with Gasteiger partial charge in [-0.1, -0.05) is 25.1 Å². The molecule has 0 bridgehead atoms. The molecule has 2 aromatic carbocycles. The number of carbonyl (C=O) groups excluding carboxylic acids is 1. The Morgan fingerprint density at radius 1 is 1.26 bits per heavy atom. The molecule has 1 amide bonds. The zero-order chi connectivity index (χ0) is 18.5. The number of piperidine rings is 1. The molecule has 2 aromatic rings. The van der Waals surface area contributed by atoms with Crippen LogP contribution >= 0.6 is 12.4 Å². The summed E-state index contributed by atoms with van der Waals surface area (Å²) >= 11 is 0. The number of halogens is 1. The number of para-hydroxylation sites is 1. The van der Waals surface area contributed by atoms with Gasteiger partial charge in [-0.2, -0.15) is 0 Å². The summed E-state index contributed by atoms with van der Waals surface area (Å²) in [6.45, 7) is 3.72. The highest BCUT2D eigenvalue weighted by atomic mass is 35.5. The summed E-state index contributed by atoms with van der Waals surface area (Å²) < 4.78 is 5.79. The third-order valence-electron chi connectivity index (χ3n) is 4.49. The highest BCUT2D eigenvalue weighted by Gasteiger charge is 2.25. The number of rotatable bonds is 5. The van der Waals surface area contributed by atoms with Gasteiger partial charge in [0.2, 0.25) is 0 Å². The van der Waals surface area contributed by atoms with Gasteiger partial charge in [0.15, 0.2) is 0 Å². The predicted octanol–water partition coefficient (Wildman–Crippen LogP) is 3.54. The van der Waals surface area contributed by atoms with Gasteiger partial charge >= 0.3 is 0 Å². The van der Waals surface area contributed by atoms with Gasteiger partial charge in [0.25, 0.3) is 11.6 Å². The van der Waals surface area contributed by atoms with E-state index in [0.29, 0.717) is 11.5 Å². The van der Waals surface area contributed by atoms with Crippen LogP contribution in [0.5, 0.6) is 11.5 Å². The molecule has 1 aliphatic rings. The summed E-state index contributed by atoms with van der Waals surface area (Å²) in [5.74, 6) is 0.773. The van der Waals surface area contributed by atoms with E-state index in [0.717, 1.165) is 19.5 Å². The van der Waals surface area contributed by atoms with Crippen LogP contribution in [-0.2, 0) is 0 Å². The topological polar surface area (TPSA) is 93.5 Å². The Morgan fingerprint density at radius 3 is 2.67 bits per heavy atom. The fourth-order valence-corrected chi connectivity index (χ4v) is 2.99. The van der Waals surface area contributed by atoms with E-state index >= 15 is 0 Å². The zero-order valence-corrected chi connectivity index (χ0v) is 15.7. The molecule has 0 radical (unpaired) electrons. The van der Waals surface area contributed by atoms with E-state index in [2.05, 4.69) is 17.6 Å². The molecule has 8 heteroatoms. The Bertz CT molecular complexity index is 801. The van der Waals surface area contributed by atoms with Crippen LogP contribution in [0.1, 0.15) is 23.7 Å². The number of non-ortho nitro benzene ring substituents is 1. The molecular weight excluding hydrogens is 370 g/mol. The summed E-state index contributed by atoms with van der Waals surface area (Å²) in [6, 6.07) is 13.1. The number of benzene rings is 2. The Balaban J connectivity index is 0.00000261. The second-order valence-electron chi connectivity index (χ2n) is 6.40. The van der Waals surface area contributed by atoms with Crippen LogP contribution in [0.4, 0.5) is 5.69 Å². The van der Waals surface area contributed by atoms with E-state index in [1.807, 2.05) is 18.2 Å². The molecule has 144 valence electrons. The number of hydrogen-bond donors (Lipinski definition) is 2. The van der Waals surface area contributed by atoms with Crippen LogP contribution in [0.15, 0.2) is 48.5 Å². The molecule has 2 atom stereocenters. The first-order chi connectivity index (χ1) is 12.5. The first kappa shape index (κ1) is 20.7. The summed E-state index contributed by atoms with van der Waals surface area (Å²) in [5.41, 5.74) is 0.0164. The third kappa shape index (κ3) is 5.18. The van der Waals surface area contributed by atoms with Crippen molar-refractivity contribution >= 4 is 24.0 Å². The molecule has 2 unspecified atom stereocenters. The van der Waals surface area contributed by atoms with Crippen LogP contribution in [0.2, 0.25) is 0 Å². The first-order valence-corrected chi connectivity index (χ1v) is 8.57. The Hall–Kier alpha value is -2.64. The van der Waals surface area contributed by atoms with Gasteiger partial charge in [-0.05, 0) is 43.6 Å². The number of nitro benzene ring substituents is 1. The molecule has 1 heterocycles. The lowest BCUT2D eigenvalue weighted by atomic mass is 9.95. The van der Waals surface area contributed by atoms with E-state index in [1.54, 1.807) is 12.1 Å². The summed E-state index contributed by atoms with van der Waals surface area (Å²) in [6.07, 6.45) is 0.816. The second kappa shape index (κ2) is 9.34. The van der Waals surface area contributed by atoms with Gasteiger partial charge in [-0.25, -0.2) is 0 Å². The van der Waals surface area contributed by atoms with Crippen molar-refractivity contribution in [3.63, 3.8) is 0 Å². The van der Waals surface area contributed by atoms with E-state index in [-0.39, 0.29) is 41.5 Å². The standard InChI is InChI=1S/C19H21N3O4.ClH/c1-13-12-20-10-9-17(13)21-19(23)16-11-14(22(24)25)7-8-18(16)26-15-5-3-2-4-6-15;/h2-8,11,13,17,20H,9-10,12H2,1H3,(H,21,23);1H. The SMILES string of the molecule is CC1CNCCC1NC(=O)c1cc([N+](=O)[O-])ccc1Oc1ccccc1.Cl. The Labute approximate surface area is 163 Å². The van der Waals surface area contributed by atoms with E-state index in [1.165, 1.54) is 18.2 Å². The van der Waals surface area contributed by atoms with Crippen LogP contribution in [0, 0.1) is 16.0 Å². The lowest BCUT2D eigenvalue weighted by Crippen LogP contribution is -2.48. The van der Waals surface area contributed by atoms with E-state index < -0.39 is 4.92 Å². The van der Waals surface area contributed by atoms with Gasteiger partial charge in [-0.3, -0.25) is 14.9 Å². The van der Waals surface area contributed by atoms with Gasteiger partial charge in [0, 0.05) is 18.2 Å². The molecule has 1 aliphatic heterocycles. The van der Waals surface area contributed by atoms with Crippen LogP contribution in [-0.4, -0.2) is 30.0 Å². The van der Waals surface area contributed by atoms with Crippen molar-refractivity contribution in [1.29, 1.82) is 0 Å². The van der Waals surface area contributed by atoms with Crippen molar-refractivity contribution in [2.24, 2.45) is 5.92 Å². The maximum absolute atomic E-state index is 12.8. The highest BCUT2D eigenvalue weighted by Crippen LogP contribution is 2.29. The number of amides is 1. The molecule has 0 aliphatic carbocycles. The molecule has 27 heavy (non-hydrogen) atoms. The monoisotopic (exact) mass is 391 g/mol. The predicted molar refractivity (Wildman–Crippen MR) is 105 cm³/mol. The molecular formula is C19H22ClN3O4. The smallest absolute Gasteiger partial charge is 0.270 e. The molecule has 0 aromatic heterocycles. The van der Waals surface area contributed by atoms with Crippen LogP contribution in [0.3, 0.4) is 0 Å². The van der Waals surface area contributed by atoms with Gasteiger partial charge in [0.05, 0.1) is 10.5 Å². The maximum Gasteiger partial charge on any atom is 0.270 e. The van der Waals surface area contributed by atoms with Crippen LogP contribution < -0.4 is 15.4 Å². The molecule has 3 rings (SSSR count). The van der Waals surface area contributed by atoms with Gasteiger partial charge in [0.1, 0.15) is 11.5 Å². The van der Waals surface area contributed by atoms with Gasteiger partial charge < -0.3 is 15.4 Å². The average molecular weight is 392 g/mol. The van der Waals surface area contributed by atoms with Crippen molar-refractivity contribution in [2.75, 3.05) is 13.1 Å². The molecule has 0 saturated carbocycles. The zero-order valence-electron chi connectivity index (χ0n) is 14.9. The van der Waals surface area contributed by atoms with Crippen molar-refractivity contribution in [3.8, 4) is 11.5 Å². The number of carbonyl (C=O) groups is 1. The van der Waals surface area contributed by atoms with E-state index in [9.17, 15) is 14.9 Å². The first-order valence-electron chi connectivity index (χ1n) is 8.57. The summed E-state index contributed by atoms with van der Waals surface area (Å²) in [4.78, 5) is 23.4. The fraction of sp³-hybridized carbons (Fsp3) is 0.316. The van der Waals surface area contributed by atoms with Crippen LogP contribution in [0.25, 0.3) is 0 Å². The largest absolute Gasteiger partial charge is 0.457 e. The molecule has 7 nitrogen and oxygen atoms in total. The number of nitrogens with zero attached hydrogens (tertiary/aromatic N) is 1. The minimum Gasteiger partial charge on any atom is -0.457 e. The van der Waals surface area contributed by atoms with Crippen molar-refractivity contribution in [1.82, 2.24) is 10.6 Å². The number of nitro groups is 1. The maximum atomic E-state index is 12.8. The molecule has 1 saturated heterocycles. The normalized spacial score (nSPS) is 18.9. The summed E-state index contributed by atoms with van der Waals surface area (Å²) in [5, 5.41) is 17.4. The summed E-state index contributed by atoms with van der Waals surface area (Å²) in [7, 11) is 0. The minimum atomic E-state index is -0.518. The minimum absolute atomic E-state index is 0. The molecule has 1 fully saturated rings. The molecule has 2 N–H and O–H groups in total. The fourth-order valence-electron chi connectivity index (χ4n) is 2.99. The lowest BCUT2D eigenvalue weighted by Gasteiger charge is -2.30. The van der Waals surface area contributed by atoms with Gasteiger partial charge in [-0.15, -0.1) is 12.4 Å². The Kier molecular flexibility index (Phi) is 7.15. The third-order valence-corrected chi connectivity index (χ3v) is 4.49. The molecule has 0 spiro atoms. The van der Waals surface area contributed by atoms with Crippen molar-refractivity contribution in [2.45, 2.75) is 19.4 Å². The highest BCUT2D eigenvalue weighted by molar-refractivity contribution is 5.98. The number of hydrogen-bond acceptors (Lipinski definition) is 5. The Morgan fingerprint density at radius 2 is 2.00 bits per heavy atom. The van der Waals surface area contributed by atoms with Crippen molar-refractivity contribution < 1.29 is 14.5 Å². The second-order valence-corrected chi connectivity index (χ2v) is 6.40. The van der Waals surface area contributed by atoms with Crippen molar-refractivity contribution in [3.05, 3.63) is 64.2 Å². The quantitative estimate of drug-likeness (QED) is 0.600. The van der Waals surface area contributed by atoms with E-state index in [4.69, 9.17) is 4.74 Å². The number of nitrogens with one attached hydrogen (secondary N) is 2. The number of ether oxygens (including phenoxy) is 1.